The lowest BCUT2D eigenvalue weighted by atomic mass is 10.1. The van der Waals surface area contributed by atoms with Crippen molar-refractivity contribution >= 4 is 47.6 Å². The average molecular weight is 1310 g/mol. The molecule has 0 aromatic heterocycles. The lowest BCUT2D eigenvalue weighted by Crippen LogP contribution is -2.56. The molecule has 8 heterocycles. The van der Waals surface area contributed by atoms with E-state index in [1.54, 1.807) is 43.4 Å². The highest BCUT2D eigenvalue weighted by Crippen LogP contribution is 2.32. The topological polar surface area (TPSA) is 298 Å². The molecule has 0 aromatic rings. The molecule has 25 nitrogen and oxygen atoms in total. The van der Waals surface area contributed by atoms with E-state index in [0.29, 0.717) is 57.0 Å². The molecule has 0 N–H and O–H groups in total. The zero-order chi connectivity index (χ0) is 71.1. The van der Waals surface area contributed by atoms with E-state index >= 15 is 0 Å². The Hall–Kier alpha value is -10.3. The number of hydrogen-bond donors (Lipinski definition) is 0. The molecular weight excluding hydrogens is 1210 g/mol. The number of likely N-dealkylation sites (N-methyl/N-ethyl adjacent to an activating group) is 4. The van der Waals surface area contributed by atoms with Gasteiger partial charge in [0.25, 0.3) is 29.4 Å². The van der Waals surface area contributed by atoms with Crippen LogP contribution in [-0.2, 0) is 47.7 Å². The number of barbiturate groups is 2. The lowest BCUT2D eigenvalue weighted by molar-refractivity contribution is -0.222. The molecule has 0 spiro atoms. The molecule has 0 radical (unpaired) electrons. The van der Waals surface area contributed by atoms with E-state index in [4.69, 9.17) is 40.0 Å². The van der Waals surface area contributed by atoms with Gasteiger partial charge in [0.2, 0.25) is 0 Å². The average Bonchev–Trinajstić information content (AvgIpc) is 1.06. The monoisotopic (exact) mass is 1310 g/mol. The summed E-state index contributed by atoms with van der Waals surface area (Å²) in [4.78, 5) is 111. The van der Waals surface area contributed by atoms with Crippen LogP contribution in [-0.4, -0.2) is 195 Å². The fourth-order valence-electron chi connectivity index (χ4n) is 10.5. The molecule has 25 heteroatoms. The third-order valence-corrected chi connectivity index (χ3v) is 16.0. The van der Waals surface area contributed by atoms with Crippen LogP contribution < -0.4 is 0 Å². The highest BCUT2D eigenvalue weighted by molar-refractivity contribution is 6.29. The highest BCUT2D eigenvalue weighted by atomic mass is 16.7. The zero-order valence-corrected chi connectivity index (χ0v) is 57.9. The van der Waals surface area contributed by atoms with Crippen LogP contribution in [0.5, 0.6) is 0 Å². The normalized spacial score (nSPS) is 21.4. The third-order valence-electron chi connectivity index (χ3n) is 16.0. The van der Waals surface area contributed by atoms with Gasteiger partial charge in [-0.1, -0.05) is 19.8 Å². The Morgan fingerprint density at radius 3 is 1.47 bits per heavy atom. The van der Waals surface area contributed by atoms with Crippen LogP contribution in [0.3, 0.4) is 0 Å². The van der Waals surface area contributed by atoms with Crippen molar-refractivity contribution in [3.05, 3.63) is 117 Å². The summed E-state index contributed by atoms with van der Waals surface area (Å²) < 4.78 is 21.3. The molecule has 510 valence electrons. The van der Waals surface area contributed by atoms with Crippen molar-refractivity contribution < 1.29 is 58.7 Å². The van der Waals surface area contributed by atoms with Crippen molar-refractivity contribution in [3.8, 4) is 36.2 Å². The van der Waals surface area contributed by atoms with Crippen molar-refractivity contribution in [2.75, 3.05) is 80.7 Å². The van der Waals surface area contributed by atoms with Gasteiger partial charge < -0.3 is 43.4 Å². The maximum absolute atomic E-state index is 12.7. The number of imide groups is 4. The summed E-state index contributed by atoms with van der Waals surface area (Å²) in [6, 6.07) is 9.69. The summed E-state index contributed by atoms with van der Waals surface area (Å²) >= 11 is 0. The number of ether oxygens (including phenoxy) is 4. The summed E-state index contributed by atoms with van der Waals surface area (Å²) in [5.41, 5.74) is 3.31. The van der Waals surface area contributed by atoms with E-state index in [9.17, 15) is 38.4 Å². The Labute approximate surface area is 561 Å². The molecule has 0 aliphatic carbocycles. The fraction of sp³-hybridized carbons (Fsp3) is 0.514. The van der Waals surface area contributed by atoms with Gasteiger partial charge in [-0.15, -0.1) is 0 Å². The Morgan fingerprint density at radius 2 is 1.00 bits per heavy atom. The minimum atomic E-state index is -1.22. The number of likely N-dealkylation sites (tertiary alicyclic amines) is 3. The summed E-state index contributed by atoms with van der Waals surface area (Å²) in [5, 5.41) is 34.3. The molecule has 0 bridgehead atoms. The molecule has 8 aliphatic heterocycles. The van der Waals surface area contributed by atoms with Gasteiger partial charge in [0.15, 0.2) is 11.8 Å². The smallest absolute Gasteiger partial charge is 0.348 e. The van der Waals surface area contributed by atoms with Crippen LogP contribution in [0.4, 0.5) is 9.59 Å². The van der Waals surface area contributed by atoms with E-state index in [1.807, 2.05) is 88.9 Å². The number of rotatable bonds is 11. The number of nitrogens with zero attached hydrogens (tertiary/aromatic N) is 13. The largest absolute Gasteiger partial charge is 0.477 e. The summed E-state index contributed by atoms with van der Waals surface area (Å²) in [6.45, 7) is 28.5. The molecule has 8 aliphatic rings. The van der Waals surface area contributed by atoms with Crippen molar-refractivity contribution in [1.29, 1.82) is 21.0 Å². The molecule has 0 unspecified atom stereocenters. The minimum absolute atomic E-state index is 0. The number of amides is 8. The predicted molar refractivity (Wildman–Crippen MR) is 355 cm³/mol. The van der Waals surface area contributed by atoms with Gasteiger partial charge in [-0.25, -0.2) is 19.2 Å². The lowest BCUT2D eigenvalue weighted by Gasteiger charge is -2.33. The van der Waals surface area contributed by atoms with Gasteiger partial charge in [0, 0.05) is 112 Å². The van der Waals surface area contributed by atoms with Gasteiger partial charge >= 0.3 is 24.0 Å². The molecule has 8 amide bonds. The standard InChI is InChI=1S/C19H29N3O4.C14H19NO5.C13H17N3O3.C12H15N3.C12H11N3.H2/c1-6-11-20-16(23)14(17(24)21(12-7-2)18(20)25)9-10-15-22(8-3)19(4,5)13-26-15;1-13(2)8-18-10(15(13)5)7-6-9-11(16)19-14(3,4)20-12(9)17;1-14-8-4-5-9(14)6-7-10-11(17)15(2)13(19)16(3)12(10)18;1-10(2)15-7-3-4-12(15)6-5-11(8-13)9-14;1-2-7-15-8-3-4-12(15)6-5-11(9-13)10-14;/h9-10H,6-8,11-13H2,1-5H3;6-7H,8H2,1-5H3;6-7H,4-5,8H2,1-3H3;5-6,10H,3-4,7H2,1-2H3;5-6H,3-4,8H2,1H3;1H/b15-10+;10-7+;9-6-;2*12-6-;. The van der Waals surface area contributed by atoms with Crippen molar-refractivity contribution in [2.45, 2.75) is 157 Å². The van der Waals surface area contributed by atoms with Crippen LogP contribution in [0.25, 0.3) is 0 Å². The van der Waals surface area contributed by atoms with E-state index in [-0.39, 0.29) is 40.4 Å². The van der Waals surface area contributed by atoms with Crippen LogP contribution in [0.2, 0.25) is 0 Å². The quantitative estimate of drug-likeness (QED) is 0.0613. The van der Waals surface area contributed by atoms with Gasteiger partial charge in [-0.05, 0) is 168 Å². The number of nitriles is 4. The van der Waals surface area contributed by atoms with Gasteiger partial charge in [0.1, 0.15) is 65.4 Å². The van der Waals surface area contributed by atoms with E-state index in [2.05, 4.69) is 54.4 Å². The Bertz CT molecular complexity index is 3430. The first-order valence-electron chi connectivity index (χ1n) is 31.7. The first kappa shape index (κ1) is 77.1. The van der Waals surface area contributed by atoms with Gasteiger partial charge in [0.05, 0.1) is 11.1 Å². The fourth-order valence-corrected chi connectivity index (χ4v) is 10.5. The number of cyclic esters (lactones) is 2. The van der Waals surface area contributed by atoms with E-state index in [1.165, 1.54) is 51.9 Å². The molecular formula is C70H93N13O12. The number of carbonyl (C=O) groups is 8. The van der Waals surface area contributed by atoms with E-state index < -0.39 is 53.4 Å². The van der Waals surface area contributed by atoms with Crippen LogP contribution >= 0.6 is 0 Å². The van der Waals surface area contributed by atoms with Crippen LogP contribution in [0, 0.1) is 57.3 Å². The number of urea groups is 2. The number of carbonyl (C=O) groups excluding carboxylic acids is 8. The summed E-state index contributed by atoms with van der Waals surface area (Å²) in [5.74, 6) is -0.715. The summed E-state index contributed by atoms with van der Waals surface area (Å²) in [7, 11) is 6.61. The highest BCUT2D eigenvalue weighted by Gasteiger charge is 2.43. The Balaban J connectivity index is 0.000000317. The van der Waals surface area contributed by atoms with Crippen molar-refractivity contribution in [2.24, 2.45) is 0 Å². The SMILES string of the molecule is CC#CN1CCC/C1=C/C=C(C#N)C#N.CC(C)N1CCC/C1=C/C=C(C#N)C#N.CCCN1C(=O)C(=C/C=C2/OCC(C)(C)N2CC)C(=O)N(CCC)C1=O.CN1/C(=C\C=C2C(=O)OC(C)(C)OC2=O)OCC1(C)C.CN1C(=O)C(=C/C=C2/CCCN2C)C(=O)N(C)C1=O.[HH]. The number of hydrogen-bond acceptors (Lipinski definition) is 21. The molecule has 0 saturated carbocycles. The molecule has 8 rings (SSSR count). The van der Waals surface area contributed by atoms with Gasteiger partial charge in [-0.2, -0.15) is 21.0 Å². The zero-order valence-electron chi connectivity index (χ0n) is 57.9. The first-order valence-corrected chi connectivity index (χ1v) is 31.7. The molecule has 8 saturated heterocycles. The molecule has 0 aromatic carbocycles. The predicted octanol–water partition coefficient (Wildman–Crippen LogP) is 8.91. The Morgan fingerprint density at radius 1 is 0.547 bits per heavy atom. The maximum Gasteiger partial charge on any atom is 0.348 e. The van der Waals surface area contributed by atoms with Crippen LogP contribution in [0.15, 0.2) is 117 Å². The number of allylic oxidation sites excluding steroid dienone is 15. The second kappa shape index (κ2) is 35.1. The molecule has 8 fully saturated rings. The van der Waals surface area contributed by atoms with E-state index in [0.717, 1.165) is 95.7 Å². The van der Waals surface area contributed by atoms with Crippen LogP contribution in [0.1, 0.15) is 136 Å². The van der Waals surface area contributed by atoms with Crippen molar-refractivity contribution in [1.82, 2.24) is 44.1 Å². The minimum Gasteiger partial charge on any atom is -0.477 e. The Kier molecular flexibility index (Phi) is 28.5. The third kappa shape index (κ3) is 20.3. The van der Waals surface area contributed by atoms with Gasteiger partial charge in [-0.3, -0.25) is 38.8 Å². The summed E-state index contributed by atoms with van der Waals surface area (Å²) in [6.07, 6.45) is 23.8. The number of esters is 2. The second-order valence-corrected chi connectivity index (χ2v) is 24.8. The molecule has 95 heavy (non-hydrogen) atoms. The van der Waals surface area contributed by atoms with Crippen molar-refractivity contribution in [3.63, 3.8) is 0 Å². The first-order chi connectivity index (χ1) is 44.8. The maximum atomic E-state index is 12.7. The second-order valence-electron chi connectivity index (χ2n) is 24.8. The molecule has 0 atom stereocenters.